The van der Waals surface area contributed by atoms with Crippen LogP contribution in [0.2, 0.25) is 0 Å². The van der Waals surface area contributed by atoms with Gasteiger partial charge in [0.2, 0.25) is 0 Å². The molecule has 1 unspecified atom stereocenters. The third-order valence-electron chi connectivity index (χ3n) is 6.06. The van der Waals surface area contributed by atoms with Gasteiger partial charge < -0.3 is 4.52 Å². The molecule has 166 valence electrons. The number of thiophene rings is 1. The lowest BCUT2D eigenvalue weighted by Gasteiger charge is -2.36. The van der Waals surface area contributed by atoms with E-state index in [9.17, 15) is 8.42 Å². The van der Waals surface area contributed by atoms with Gasteiger partial charge in [0.1, 0.15) is 4.21 Å². The Bertz CT molecular complexity index is 1110. The number of halogens is 1. The van der Waals surface area contributed by atoms with Crippen LogP contribution in [0.15, 0.2) is 57.4 Å². The molecule has 2 aliphatic rings. The lowest BCUT2D eigenvalue weighted by molar-refractivity contribution is 0.167. The zero-order valence-corrected chi connectivity index (χ0v) is 19.6. The van der Waals surface area contributed by atoms with Crippen molar-refractivity contribution in [3.8, 4) is 10.6 Å². The van der Waals surface area contributed by atoms with Gasteiger partial charge in [0.05, 0.1) is 11.1 Å². The van der Waals surface area contributed by atoms with E-state index in [-0.39, 0.29) is 12.4 Å². The summed E-state index contributed by atoms with van der Waals surface area (Å²) in [5, 5.41) is 3.71. The topological polar surface area (TPSA) is 66.7 Å². The first-order chi connectivity index (χ1) is 14.6. The Morgan fingerprint density at radius 2 is 1.94 bits per heavy atom. The molecule has 9 heteroatoms. The van der Waals surface area contributed by atoms with E-state index in [2.05, 4.69) is 34.3 Å². The lowest BCUT2D eigenvalue weighted by Crippen LogP contribution is -2.44. The monoisotopic (exact) mass is 479 g/mol. The van der Waals surface area contributed by atoms with Crippen LogP contribution >= 0.6 is 23.7 Å². The van der Waals surface area contributed by atoms with Crippen LogP contribution in [0.1, 0.15) is 24.0 Å². The molecule has 0 aliphatic carbocycles. The molecule has 0 saturated carbocycles. The summed E-state index contributed by atoms with van der Waals surface area (Å²) in [4.78, 5) is 3.27. The number of sulfonamides is 1. The maximum absolute atomic E-state index is 13.2. The number of benzene rings is 1. The third kappa shape index (κ3) is 4.73. The molecule has 0 spiro atoms. The molecule has 2 aliphatic heterocycles. The summed E-state index contributed by atoms with van der Waals surface area (Å²) in [6, 6.07) is 13.9. The standard InChI is InChI=1S/C22H25N3O3S2.ClH/c26-30(27,22-8-7-21(29-22)20-9-11-23-28-20)25-12-3-4-17(15-25)14-24-13-10-18-5-1-2-6-19(18)16-24;/h1-2,5-9,11,17H,3-4,10,12-16H2;1H. The smallest absolute Gasteiger partial charge is 0.252 e. The molecule has 2 aromatic heterocycles. The maximum Gasteiger partial charge on any atom is 0.252 e. The predicted octanol–water partition coefficient (Wildman–Crippen LogP) is 4.28. The van der Waals surface area contributed by atoms with Gasteiger partial charge in [-0.15, -0.1) is 23.7 Å². The van der Waals surface area contributed by atoms with Crippen molar-refractivity contribution < 1.29 is 12.9 Å². The van der Waals surface area contributed by atoms with Gasteiger partial charge in [-0.05, 0) is 48.4 Å². The van der Waals surface area contributed by atoms with Crippen LogP contribution < -0.4 is 0 Å². The van der Waals surface area contributed by atoms with E-state index >= 15 is 0 Å². The Labute approximate surface area is 193 Å². The van der Waals surface area contributed by atoms with E-state index in [1.54, 1.807) is 28.7 Å². The van der Waals surface area contributed by atoms with Crippen LogP contribution in [-0.2, 0) is 23.0 Å². The molecule has 4 heterocycles. The fraction of sp³-hybridized carbons (Fsp3) is 0.409. The van der Waals surface area contributed by atoms with E-state index in [0.717, 1.165) is 43.8 Å². The summed E-state index contributed by atoms with van der Waals surface area (Å²) in [5.41, 5.74) is 2.85. The van der Waals surface area contributed by atoms with Crippen molar-refractivity contribution in [3.63, 3.8) is 0 Å². The summed E-state index contributed by atoms with van der Waals surface area (Å²) in [6.45, 7) is 4.15. The first kappa shape index (κ1) is 22.5. The predicted molar refractivity (Wildman–Crippen MR) is 124 cm³/mol. The Morgan fingerprint density at radius 3 is 2.74 bits per heavy atom. The van der Waals surface area contributed by atoms with Crippen LogP contribution in [0.3, 0.4) is 0 Å². The van der Waals surface area contributed by atoms with Crippen LogP contribution in [0, 0.1) is 5.92 Å². The second kappa shape index (κ2) is 9.42. The van der Waals surface area contributed by atoms with Crippen LogP contribution in [0.4, 0.5) is 0 Å². The van der Waals surface area contributed by atoms with Crippen molar-refractivity contribution in [2.75, 3.05) is 26.2 Å². The fourth-order valence-electron chi connectivity index (χ4n) is 4.53. The second-order valence-corrected chi connectivity index (χ2v) is 11.4. The number of hydrogen-bond donors (Lipinski definition) is 0. The van der Waals surface area contributed by atoms with Gasteiger partial charge in [-0.25, -0.2) is 8.42 Å². The van der Waals surface area contributed by atoms with Gasteiger partial charge in [0, 0.05) is 38.8 Å². The summed E-state index contributed by atoms with van der Waals surface area (Å²) >= 11 is 1.25. The SMILES string of the molecule is Cl.O=S(=O)(c1ccc(-c2ccno2)s1)N1CCCC(CN2CCc3ccccc3C2)C1. The minimum Gasteiger partial charge on any atom is -0.355 e. The largest absolute Gasteiger partial charge is 0.355 e. The molecule has 1 saturated heterocycles. The molecule has 6 nitrogen and oxygen atoms in total. The van der Waals surface area contributed by atoms with Gasteiger partial charge in [-0.1, -0.05) is 29.4 Å². The highest BCUT2D eigenvalue weighted by Crippen LogP contribution is 2.34. The highest BCUT2D eigenvalue weighted by Gasteiger charge is 2.32. The fourth-order valence-corrected chi connectivity index (χ4v) is 7.50. The van der Waals surface area contributed by atoms with E-state index < -0.39 is 10.0 Å². The normalized spacial score (nSPS) is 20.2. The summed E-state index contributed by atoms with van der Waals surface area (Å²) in [5.74, 6) is 0.968. The van der Waals surface area contributed by atoms with Gasteiger partial charge in [0.15, 0.2) is 5.76 Å². The minimum absolute atomic E-state index is 0. The van der Waals surface area contributed by atoms with Gasteiger partial charge in [-0.3, -0.25) is 4.90 Å². The average Bonchev–Trinajstić information content (AvgIpc) is 3.46. The molecule has 31 heavy (non-hydrogen) atoms. The quantitative estimate of drug-likeness (QED) is 0.546. The molecule has 5 rings (SSSR count). The number of hydrogen-bond acceptors (Lipinski definition) is 6. The van der Waals surface area contributed by atoms with Crippen molar-refractivity contribution in [2.45, 2.75) is 30.0 Å². The second-order valence-electron chi connectivity index (χ2n) is 8.12. The van der Waals surface area contributed by atoms with E-state index in [4.69, 9.17) is 4.52 Å². The van der Waals surface area contributed by atoms with Gasteiger partial charge in [-0.2, -0.15) is 4.31 Å². The van der Waals surface area contributed by atoms with Crippen molar-refractivity contribution in [2.24, 2.45) is 5.92 Å². The highest BCUT2D eigenvalue weighted by atomic mass is 35.5. The Balaban J connectivity index is 0.00000231. The Morgan fingerprint density at radius 1 is 1.10 bits per heavy atom. The van der Waals surface area contributed by atoms with Crippen LogP contribution in [-0.4, -0.2) is 49.0 Å². The zero-order valence-electron chi connectivity index (χ0n) is 17.1. The molecular weight excluding hydrogens is 454 g/mol. The van der Waals surface area contributed by atoms with Gasteiger partial charge >= 0.3 is 0 Å². The Hall–Kier alpha value is -1.71. The summed E-state index contributed by atoms with van der Waals surface area (Å²) in [6.07, 6.45) is 4.63. The maximum atomic E-state index is 13.2. The lowest BCUT2D eigenvalue weighted by atomic mass is 9.95. The molecule has 0 N–H and O–H groups in total. The van der Waals surface area contributed by atoms with Gasteiger partial charge in [0.25, 0.3) is 10.0 Å². The van der Waals surface area contributed by atoms with Crippen molar-refractivity contribution >= 4 is 33.8 Å². The highest BCUT2D eigenvalue weighted by molar-refractivity contribution is 7.91. The summed E-state index contributed by atoms with van der Waals surface area (Å²) in [7, 11) is -3.48. The Kier molecular flexibility index (Phi) is 6.83. The molecule has 0 amide bonds. The first-order valence-corrected chi connectivity index (χ1v) is 12.7. The van der Waals surface area contributed by atoms with Crippen molar-refractivity contribution in [1.29, 1.82) is 0 Å². The number of nitrogens with zero attached hydrogens (tertiary/aromatic N) is 3. The van der Waals surface area contributed by atoms with E-state index in [1.165, 1.54) is 22.5 Å². The molecule has 1 aromatic carbocycles. The number of fused-ring (bicyclic) bond motifs is 1. The molecular formula is C22H26ClN3O3S2. The molecule has 3 aromatic rings. The number of piperidine rings is 1. The third-order valence-corrected chi connectivity index (χ3v) is 9.50. The molecule has 0 bridgehead atoms. The zero-order chi connectivity index (χ0) is 20.6. The van der Waals surface area contributed by atoms with E-state index in [1.807, 2.05) is 0 Å². The average molecular weight is 480 g/mol. The molecule has 1 fully saturated rings. The number of rotatable bonds is 5. The van der Waals surface area contributed by atoms with Crippen LogP contribution in [0.5, 0.6) is 0 Å². The van der Waals surface area contributed by atoms with Crippen molar-refractivity contribution in [3.05, 3.63) is 59.8 Å². The molecule has 1 atom stereocenters. The van der Waals surface area contributed by atoms with Crippen LogP contribution in [0.25, 0.3) is 10.6 Å². The number of aromatic nitrogens is 1. The molecule has 0 radical (unpaired) electrons. The van der Waals surface area contributed by atoms with Crippen molar-refractivity contribution in [1.82, 2.24) is 14.4 Å². The minimum atomic E-state index is -3.48. The van der Waals surface area contributed by atoms with E-state index in [0.29, 0.717) is 29.0 Å². The summed E-state index contributed by atoms with van der Waals surface area (Å²) < 4.78 is 33.7. The first-order valence-electron chi connectivity index (χ1n) is 10.4.